The number of ether oxygens (including phenoxy) is 2. The lowest BCUT2D eigenvalue weighted by atomic mass is 9.79. The molecular formula is C23H26Cl2N2O3. The van der Waals surface area contributed by atoms with Crippen LogP contribution in [0.4, 0.5) is 0 Å². The molecule has 30 heavy (non-hydrogen) atoms. The molecule has 2 aromatic carbocycles. The quantitative estimate of drug-likeness (QED) is 0.544. The highest BCUT2D eigenvalue weighted by molar-refractivity contribution is 6.42. The summed E-state index contributed by atoms with van der Waals surface area (Å²) in [6.45, 7) is 2.75. The van der Waals surface area contributed by atoms with Gasteiger partial charge in [-0.15, -0.1) is 0 Å². The van der Waals surface area contributed by atoms with Gasteiger partial charge in [0, 0.05) is 18.7 Å². The molecule has 0 saturated heterocycles. The Morgan fingerprint density at radius 1 is 1.07 bits per heavy atom. The minimum absolute atomic E-state index is 0.0545. The zero-order valence-electron chi connectivity index (χ0n) is 17.4. The second-order valence-electron chi connectivity index (χ2n) is 7.23. The summed E-state index contributed by atoms with van der Waals surface area (Å²) < 4.78 is 10.8. The van der Waals surface area contributed by atoms with Crippen molar-refractivity contribution < 1.29 is 14.3 Å². The number of carbonyl (C=O) groups is 1. The van der Waals surface area contributed by atoms with E-state index in [1.807, 2.05) is 30.3 Å². The molecule has 1 aliphatic heterocycles. The molecule has 1 amide bonds. The Balaban J connectivity index is 1.88. The summed E-state index contributed by atoms with van der Waals surface area (Å²) in [6.07, 6.45) is 2.56. The molecule has 1 N–H and O–H groups in total. The highest BCUT2D eigenvalue weighted by Gasteiger charge is 2.40. The highest BCUT2D eigenvalue weighted by atomic mass is 35.5. The zero-order valence-corrected chi connectivity index (χ0v) is 18.9. The summed E-state index contributed by atoms with van der Waals surface area (Å²) in [6, 6.07) is 10.8. The van der Waals surface area contributed by atoms with Gasteiger partial charge in [0.05, 0.1) is 30.2 Å². The smallest absolute Gasteiger partial charge is 0.245 e. The van der Waals surface area contributed by atoms with Crippen LogP contribution >= 0.6 is 23.2 Å². The van der Waals surface area contributed by atoms with Crippen LogP contribution in [-0.4, -0.2) is 38.4 Å². The molecule has 0 spiro atoms. The molecule has 2 atom stereocenters. The van der Waals surface area contributed by atoms with Gasteiger partial charge in [-0.2, -0.15) is 0 Å². The summed E-state index contributed by atoms with van der Waals surface area (Å²) in [4.78, 5) is 17.4. The summed E-state index contributed by atoms with van der Waals surface area (Å²) in [5.74, 6) is 1.08. The van der Waals surface area contributed by atoms with Gasteiger partial charge < -0.3 is 14.8 Å². The molecule has 2 unspecified atom stereocenters. The molecule has 1 heterocycles. The number of hydrogen-bond acceptors (Lipinski definition) is 4. The summed E-state index contributed by atoms with van der Waals surface area (Å²) >= 11 is 12.2. The lowest BCUT2D eigenvalue weighted by Crippen LogP contribution is -2.47. The predicted octanol–water partition coefficient (Wildman–Crippen LogP) is 5.08. The number of aliphatic imine (C=N–C) groups is 1. The number of nitrogens with one attached hydrogen (secondary N) is 1. The Morgan fingerprint density at radius 2 is 1.83 bits per heavy atom. The van der Waals surface area contributed by atoms with Crippen LogP contribution in [0.25, 0.3) is 0 Å². The van der Waals surface area contributed by atoms with Gasteiger partial charge in [-0.25, -0.2) is 0 Å². The third-order valence-corrected chi connectivity index (χ3v) is 5.95. The van der Waals surface area contributed by atoms with Gasteiger partial charge in [0.1, 0.15) is 6.04 Å². The fourth-order valence-electron chi connectivity index (χ4n) is 3.57. The average Bonchev–Trinajstić information content (AvgIpc) is 2.73. The number of unbranched alkanes of at least 4 members (excludes halogenated alkanes) is 1. The molecule has 1 aliphatic rings. The van der Waals surface area contributed by atoms with Crippen molar-refractivity contribution in [2.45, 2.75) is 38.1 Å². The van der Waals surface area contributed by atoms with E-state index in [0.717, 1.165) is 29.7 Å². The predicted molar refractivity (Wildman–Crippen MR) is 122 cm³/mol. The second kappa shape index (κ2) is 10.2. The van der Waals surface area contributed by atoms with Gasteiger partial charge in [0.15, 0.2) is 11.5 Å². The van der Waals surface area contributed by atoms with E-state index in [4.69, 9.17) is 32.7 Å². The van der Waals surface area contributed by atoms with Crippen LogP contribution in [-0.2, 0) is 11.2 Å². The van der Waals surface area contributed by atoms with Crippen LogP contribution in [0.15, 0.2) is 41.4 Å². The fourth-order valence-corrected chi connectivity index (χ4v) is 3.89. The fraction of sp³-hybridized carbons (Fsp3) is 0.391. The molecule has 3 rings (SSSR count). The zero-order chi connectivity index (χ0) is 21.7. The van der Waals surface area contributed by atoms with Crippen molar-refractivity contribution in [2.75, 3.05) is 20.8 Å². The van der Waals surface area contributed by atoms with Crippen molar-refractivity contribution >= 4 is 34.8 Å². The van der Waals surface area contributed by atoms with E-state index in [1.54, 1.807) is 20.3 Å². The molecular weight excluding hydrogens is 423 g/mol. The summed E-state index contributed by atoms with van der Waals surface area (Å²) in [5, 5.41) is 4.02. The minimum Gasteiger partial charge on any atom is -0.493 e. The van der Waals surface area contributed by atoms with Crippen molar-refractivity contribution in [2.24, 2.45) is 4.99 Å². The Kier molecular flexibility index (Phi) is 7.62. The third kappa shape index (κ3) is 4.90. The first-order valence-corrected chi connectivity index (χ1v) is 10.7. The third-order valence-electron chi connectivity index (χ3n) is 5.21. The molecule has 0 aromatic heterocycles. The number of hydrogen-bond donors (Lipinski definition) is 1. The Labute approximate surface area is 187 Å². The van der Waals surface area contributed by atoms with Crippen LogP contribution in [0.1, 0.15) is 36.8 Å². The molecule has 2 aromatic rings. The number of benzene rings is 2. The van der Waals surface area contributed by atoms with Gasteiger partial charge in [-0.05, 0) is 41.8 Å². The second-order valence-corrected chi connectivity index (χ2v) is 8.04. The van der Waals surface area contributed by atoms with E-state index < -0.39 is 6.04 Å². The number of nitrogens with zero attached hydrogens (tertiary/aromatic N) is 1. The van der Waals surface area contributed by atoms with Crippen molar-refractivity contribution in [3.05, 3.63) is 57.6 Å². The monoisotopic (exact) mass is 448 g/mol. The molecule has 0 radical (unpaired) electrons. The SMILES string of the molecule is CCCCNC(=O)C1N=C(Cc2ccc(Cl)c(Cl)c2)C1c1ccc(OC)c(OC)c1. The van der Waals surface area contributed by atoms with Crippen LogP contribution in [0, 0.1) is 0 Å². The number of halogens is 2. The summed E-state index contributed by atoms with van der Waals surface area (Å²) in [7, 11) is 3.20. The standard InChI is InChI=1S/C23H26Cl2N2O3/c1-4-5-10-26-23(28)22-21(15-7-9-19(29-2)20(13-15)30-3)18(27-22)12-14-6-8-16(24)17(25)11-14/h6-9,11,13,21-22H,4-5,10,12H2,1-3H3,(H,26,28). The van der Waals surface area contributed by atoms with Gasteiger partial charge in [0.25, 0.3) is 0 Å². The first-order valence-electron chi connectivity index (χ1n) is 9.98. The van der Waals surface area contributed by atoms with Crippen molar-refractivity contribution in [1.29, 1.82) is 0 Å². The molecule has 5 nitrogen and oxygen atoms in total. The Bertz CT molecular complexity index is 946. The number of carbonyl (C=O) groups excluding carboxylic acids is 1. The maximum atomic E-state index is 12.7. The van der Waals surface area contributed by atoms with Gasteiger partial charge in [-0.1, -0.05) is 48.7 Å². The topological polar surface area (TPSA) is 59.9 Å². The van der Waals surface area contributed by atoms with E-state index in [2.05, 4.69) is 17.2 Å². The average molecular weight is 449 g/mol. The van der Waals surface area contributed by atoms with Crippen molar-refractivity contribution in [1.82, 2.24) is 5.32 Å². The van der Waals surface area contributed by atoms with Crippen LogP contribution in [0.5, 0.6) is 11.5 Å². The maximum Gasteiger partial charge on any atom is 0.245 e. The van der Waals surface area contributed by atoms with Gasteiger partial charge >= 0.3 is 0 Å². The Hall–Kier alpha value is -2.24. The number of rotatable bonds is 9. The molecule has 0 bridgehead atoms. The first-order chi connectivity index (χ1) is 14.5. The van der Waals surface area contributed by atoms with E-state index in [-0.39, 0.29) is 11.8 Å². The van der Waals surface area contributed by atoms with E-state index in [9.17, 15) is 4.79 Å². The van der Waals surface area contributed by atoms with E-state index >= 15 is 0 Å². The number of amides is 1. The lowest BCUT2D eigenvalue weighted by molar-refractivity contribution is -0.122. The summed E-state index contributed by atoms with van der Waals surface area (Å²) in [5.41, 5.74) is 2.89. The van der Waals surface area contributed by atoms with Crippen LogP contribution in [0.2, 0.25) is 10.0 Å². The van der Waals surface area contributed by atoms with Crippen molar-refractivity contribution in [3.63, 3.8) is 0 Å². The van der Waals surface area contributed by atoms with Gasteiger partial charge in [-0.3, -0.25) is 9.79 Å². The maximum absolute atomic E-state index is 12.7. The largest absolute Gasteiger partial charge is 0.493 e. The highest BCUT2D eigenvalue weighted by Crippen LogP contribution is 2.38. The van der Waals surface area contributed by atoms with E-state index in [0.29, 0.717) is 34.5 Å². The molecule has 0 aliphatic carbocycles. The normalized spacial score (nSPS) is 17.7. The molecule has 0 saturated carbocycles. The minimum atomic E-state index is -0.460. The lowest BCUT2D eigenvalue weighted by Gasteiger charge is -2.35. The van der Waals surface area contributed by atoms with E-state index in [1.165, 1.54) is 0 Å². The first kappa shape index (κ1) is 22.4. The van der Waals surface area contributed by atoms with Gasteiger partial charge in [0.2, 0.25) is 5.91 Å². The molecule has 7 heteroatoms. The molecule has 0 fully saturated rings. The Morgan fingerprint density at radius 3 is 2.50 bits per heavy atom. The number of methoxy groups -OCH3 is 2. The molecule has 160 valence electrons. The van der Waals surface area contributed by atoms with Crippen LogP contribution < -0.4 is 14.8 Å². The van der Waals surface area contributed by atoms with Crippen LogP contribution in [0.3, 0.4) is 0 Å². The van der Waals surface area contributed by atoms with Crippen molar-refractivity contribution in [3.8, 4) is 11.5 Å².